The van der Waals surface area contributed by atoms with E-state index >= 15 is 0 Å². The highest BCUT2D eigenvalue weighted by Gasteiger charge is 2.52. The van der Waals surface area contributed by atoms with Crippen molar-refractivity contribution in [1.29, 1.82) is 0 Å². The zero-order valence-corrected chi connectivity index (χ0v) is 12.3. The molecule has 2 aliphatic heterocycles. The molecular formula is C19H16N2O. The van der Waals surface area contributed by atoms with Crippen LogP contribution in [0.5, 0.6) is 0 Å². The second-order valence-corrected chi connectivity index (χ2v) is 6.44. The minimum Gasteiger partial charge on any atom is -0.294 e. The Hall–Kier alpha value is -2.29. The average Bonchev–Trinajstić information content (AvgIpc) is 3.00. The van der Waals surface area contributed by atoms with Crippen molar-refractivity contribution in [3.8, 4) is 0 Å². The molecule has 0 aromatic heterocycles. The van der Waals surface area contributed by atoms with Crippen LogP contribution in [-0.4, -0.2) is 17.2 Å². The van der Waals surface area contributed by atoms with Crippen molar-refractivity contribution in [2.24, 2.45) is 15.4 Å². The normalized spacial score (nSPS) is 28.5. The average molecular weight is 288 g/mol. The first-order valence-corrected chi connectivity index (χ1v) is 8.00. The molecule has 0 saturated carbocycles. The molecule has 0 N–H and O–H groups in total. The van der Waals surface area contributed by atoms with Gasteiger partial charge in [0.1, 0.15) is 0 Å². The zero-order chi connectivity index (χ0) is 14.7. The smallest absolute Gasteiger partial charge is 0.164 e. The highest BCUT2D eigenvalue weighted by atomic mass is 16.1. The van der Waals surface area contributed by atoms with Gasteiger partial charge in [-0.25, -0.2) is 0 Å². The molecule has 0 fully saturated rings. The number of hydrogen-bond donors (Lipinski definition) is 0. The minimum atomic E-state index is -0.321. The molecule has 2 heterocycles. The lowest BCUT2D eigenvalue weighted by Crippen LogP contribution is -2.46. The van der Waals surface area contributed by atoms with E-state index in [1.165, 1.54) is 5.57 Å². The molecule has 0 saturated heterocycles. The number of aliphatic imine (C=N–C) groups is 2. The Morgan fingerprint density at radius 1 is 1.09 bits per heavy atom. The summed E-state index contributed by atoms with van der Waals surface area (Å²) in [5.74, 6) is 0.276. The summed E-state index contributed by atoms with van der Waals surface area (Å²) < 4.78 is 0. The lowest BCUT2D eigenvalue weighted by molar-refractivity contribution is -0.115. The lowest BCUT2D eigenvalue weighted by Gasteiger charge is -2.42. The fourth-order valence-corrected chi connectivity index (χ4v) is 4.43. The maximum atomic E-state index is 12.6. The van der Waals surface area contributed by atoms with Gasteiger partial charge in [-0.15, -0.1) is 0 Å². The van der Waals surface area contributed by atoms with E-state index in [0.29, 0.717) is 6.42 Å². The fourth-order valence-electron chi connectivity index (χ4n) is 4.43. The van der Waals surface area contributed by atoms with Crippen molar-refractivity contribution in [3.05, 3.63) is 53.3 Å². The van der Waals surface area contributed by atoms with E-state index in [-0.39, 0.29) is 11.2 Å². The Bertz CT molecular complexity index is 841. The van der Waals surface area contributed by atoms with Crippen LogP contribution in [0, 0.1) is 5.41 Å². The number of fused-ring (bicyclic) bond motifs is 2. The molecule has 22 heavy (non-hydrogen) atoms. The summed E-state index contributed by atoms with van der Waals surface area (Å²) in [7, 11) is 0. The van der Waals surface area contributed by atoms with E-state index in [9.17, 15) is 4.79 Å². The van der Waals surface area contributed by atoms with Crippen molar-refractivity contribution in [2.75, 3.05) is 0 Å². The predicted octanol–water partition coefficient (Wildman–Crippen LogP) is 3.92. The molecule has 2 aliphatic carbocycles. The van der Waals surface area contributed by atoms with Gasteiger partial charge in [0.25, 0.3) is 0 Å². The van der Waals surface area contributed by atoms with Crippen LogP contribution in [0.15, 0.2) is 57.7 Å². The van der Waals surface area contributed by atoms with Gasteiger partial charge in [-0.1, -0.05) is 18.2 Å². The van der Waals surface area contributed by atoms with Gasteiger partial charge in [-0.2, -0.15) is 0 Å². The lowest BCUT2D eigenvalue weighted by atomic mass is 9.60. The molecule has 0 amide bonds. The minimum absolute atomic E-state index is 0.276. The Morgan fingerprint density at radius 3 is 2.91 bits per heavy atom. The van der Waals surface area contributed by atoms with Gasteiger partial charge in [0.05, 0.1) is 23.2 Å². The third kappa shape index (κ3) is 1.34. The Labute approximate surface area is 129 Å². The molecule has 1 aromatic rings. The van der Waals surface area contributed by atoms with Crippen LogP contribution in [0.25, 0.3) is 0 Å². The van der Waals surface area contributed by atoms with Gasteiger partial charge in [0.15, 0.2) is 5.78 Å². The van der Waals surface area contributed by atoms with E-state index in [2.05, 4.69) is 12.1 Å². The van der Waals surface area contributed by atoms with Crippen LogP contribution in [0.4, 0.5) is 5.69 Å². The molecule has 1 aromatic carbocycles. The van der Waals surface area contributed by atoms with Crippen molar-refractivity contribution >= 4 is 22.9 Å². The fraction of sp³-hybridized carbons (Fsp3) is 0.316. The van der Waals surface area contributed by atoms with Gasteiger partial charge < -0.3 is 0 Å². The molecule has 3 nitrogen and oxygen atoms in total. The van der Waals surface area contributed by atoms with Crippen LogP contribution in [0.2, 0.25) is 0 Å². The van der Waals surface area contributed by atoms with Crippen LogP contribution in [0.3, 0.4) is 0 Å². The number of carbonyl (C=O) groups excluding carboxylic acids is 1. The number of Topliss-reactive ketones (excluding diaryl/α,β-unsaturated/α-hetero) is 1. The zero-order valence-electron chi connectivity index (χ0n) is 12.3. The van der Waals surface area contributed by atoms with E-state index in [1.54, 1.807) is 0 Å². The number of para-hydroxylation sites is 1. The summed E-state index contributed by atoms with van der Waals surface area (Å²) in [5, 5.41) is 0. The third-order valence-electron chi connectivity index (χ3n) is 5.38. The van der Waals surface area contributed by atoms with Crippen LogP contribution in [0.1, 0.15) is 37.7 Å². The number of benzene rings is 1. The molecule has 3 heteroatoms. The molecular weight excluding hydrogens is 272 g/mol. The molecule has 4 aliphatic rings. The SMILES string of the molecule is O=C1CC2=Nc3ccccc3C3=NC=CC23C2=C1CCCC2. The van der Waals surface area contributed by atoms with E-state index < -0.39 is 0 Å². The standard InChI is InChI=1S/C19H16N2O/c22-16-11-17-19(14-7-3-1-5-12(14)16)9-10-20-18(19)13-6-2-4-8-15(13)21-17/h2,4,6,8-10H,1,3,5,7,11H2. The Morgan fingerprint density at radius 2 is 1.95 bits per heavy atom. The summed E-state index contributed by atoms with van der Waals surface area (Å²) in [5.41, 5.74) is 6.13. The van der Waals surface area contributed by atoms with Gasteiger partial charge in [-0.05, 0) is 49.0 Å². The monoisotopic (exact) mass is 288 g/mol. The van der Waals surface area contributed by atoms with Crippen molar-refractivity contribution < 1.29 is 4.79 Å². The highest BCUT2D eigenvalue weighted by Crippen LogP contribution is 2.52. The number of allylic oxidation sites excluding steroid dienone is 3. The predicted molar refractivity (Wildman–Crippen MR) is 86.8 cm³/mol. The molecule has 5 rings (SSSR count). The van der Waals surface area contributed by atoms with Gasteiger partial charge in [-0.3, -0.25) is 14.8 Å². The summed E-state index contributed by atoms with van der Waals surface area (Å²) in [6.45, 7) is 0. The van der Waals surface area contributed by atoms with Gasteiger partial charge in [0, 0.05) is 17.5 Å². The van der Waals surface area contributed by atoms with E-state index in [4.69, 9.17) is 9.98 Å². The molecule has 108 valence electrons. The third-order valence-corrected chi connectivity index (χ3v) is 5.38. The van der Waals surface area contributed by atoms with E-state index in [0.717, 1.165) is 53.9 Å². The Balaban J connectivity index is 1.85. The number of hydrogen-bond acceptors (Lipinski definition) is 3. The Kier molecular flexibility index (Phi) is 2.30. The highest BCUT2D eigenvalue weighted by molar-refractivity contribution is 6.33. The summed E-state index contributed by atoms with van der Waals surface area (Å²) >= 11 is 0. The molecule has 1 unspecified atom stereocenters. The largest absolute Gasteiger partial charge is 0.294 e. The van der Waals surface area contributed by atoms with Gasteiger partial charge in [0.2, 0.25) is 0 Å². The number of nitrogens with zero attached hydrogens (tertiary/aromatic N) is 2. The molecule has 0 radical (unpaired) electrons. The van der Waals surface area contributed by atoms with Crippen LogP contribution < -0.4 is 0 Å². The first-order valence-electron chi connectivity index (χ1n) is 8.00. The molecule has 0 bridgehead atoms. The van der Waals surface area contributed by atoms with E-state index in [1.807, 2.05) is 24.4 Å². The second kappa shape index (κ2) is 4.13. The van der Waals surface area contributed by atoms with Crippen LogP contribution in [-0.2, 0) is 4.79 Å². The molecule has 1 spiro atoms. The summed E-state index contributed by atoms with van der Waals surface area (Å²) in [6, 6.07) is 8.15. The van der Waals surface area contributed by atoms with Gasteiger partial charge >= 0.3 is 0 Å². The quantitative estimate of drug-likeness (QED) is 0.713. The molecule has 1 atom stereocenters. The van der Waals surface area contributed by atoms with Crippen molar-refractivity contribution in [1.82, 2.24) is 0 Å². The van der Waals surface area contributed by atoms with Crippen molar-refractivity contribution in [2.45, 2.75) is 32.1 Å². The topological polar surface area (TPSA) is 41.8 Å². The summed E-state index contributed by atoms with van der Waals surface area (Å²) in [4.78, 5) is 22.1. The number of ketones is 1. The maximum absolute atomic E-state index is 12.6. The number of carbonyl (C=O) groups is 1. The second-order valence-electron chi connectivity index (χ2n) is 6.44. The van der Waals surface area contributed by atoms with Crippen molar-refractivity contribution in [3.63, 3.8) is 0 Å². The number of rotatable bonds is 0. The maximum Gasteiger partial charge on any atom is 0.164 e. The first-order chi connectivity index (χ1) is 10.8. The van der Waals surface area contributed by atoms with Crippen LogP contribution >= 0.6 is 0 Å². The first kappa shape index (κ1) is 12.3. The summed E-state index contributed by atoms with van der Waals surface area (Å²) in [6.07, 6.45) is 8.71.